The normalized spacial score (nSPS) is 12.4. The van der Waals surface area contributed by atoms with E-state index in [1.54, 1.807) is 6.92 Å². The van der Waals surface area contributed by atoms with Crippen molar-refractivity contribution < 1.29 is 41.2 Å². The van der Waals surface area contributed by atoms with E-state index < -0.39 is 48.3 Å². The number of carbonyl (C=O) groups excluding carboxylic acids is 2. The fourth-order valence-corrected chi connectivity index (χ4v) is 22.7. The van der Waals surface area contributed by atoms with Crippen LogP contribution in [0.15, 0.2) is 60.7 Å². The van der Waals surface area contributed by atoms with E-state index in [-0.39, 0.29) is 62.4 Å². The van der Waals surface area contributed by atoms with Crippen molar-refractivity contribution in [2.24, 2.45) is 5.92 Å². The first kappa shape index (κ1) is 71.9. The lowest BCUT2D eigenvalue weighted by Gasteiger charge is -2.37. The zero-order valence-electron chi connectivity index (χ0n) is 34.0. The zero-order chi connectivity index (χ0) is 41.8. The highest BCUT2D eigenvalue weighted by molar-refractivity contribution is 8.34. The molecule has 0 N–H and O–H groups in total. The molecule has 0 bridgehead atoms. The summed E-state index contributed by atoms with van der Waals surface area (Å²) in [6.07, 6.45) is 4.05. The van der Waals surface area contributed by atoms with Crippen LogP contribution < -0.4 is 9.79 Å². The lowest BCUT2D eigenvalue weighted by atomic mass is 10.1. The van der Waals surface area contributed by atoms with Gasteiger partial charge in [0.1, 0.15) is 45.2 Å². The van der Waals surface area contributed by atoms with Gasteiger partial charge in [-0.25, -0.2) is 4.79 Å². The predicted molar refractivity (Wildman–Crippen MR) is 285 cm³/mol. The van der Waals surface area contributed by atoms with Crippen LogP contribution in [-0.2, 0) is 98.5 Å². The van der Waals surface area contributed by atoms with Crippen molar-refractivity contribution in [1.29, 1.82) is 0 Å². The molecule has 0 heterocycles. The summed E-state index contributed by atoms with van der Waals surface area (Å²) in [6, 6.07) is 16.7. The first-order chi connectivity index (χ1) is 25.5. The molecule has 0 saturated heterocycles. The molecule has 0 aliphatic heterocycles. The highest BCUT2D eigenvalue weighted by Crippen LogP contribution is 2.27. The molecule has 19 heteroatoms. The van der Waals surface area contributed by atoms with Crippen LogP contribution in [0.4, 0.5) is 0 Å². The van der Waals surface area contributed by atoms with Gasteiger partial charge in [-0.1, -0.05) is 107 Å². The lowest BCUT2D eigenvalue weighted by molar-refractivity contribution is -0.152. The van der Waals surface area contributed by atoms with Crippen LogP contribution in [0, 0.1) is 5.92 Å². The third-order valence-electron chi connectivity index (χ3n) is 7.40. The van der Waals surface area contributed by atoms with Crippen LogP contribution in [0.1, 0.15) is 80.7 Å². The minimum Gasteiger partial charge on any atom is -0.620 e. The molecule has 0 aliphatic rings. The van der Waals surface area contributed by atoms with E-state index in [2.05, 4.69) is 63.6 Å². The van der Waals surface area contributed by atoms with Crippen molar-refractivity contribution in [3.63, 3.8) is 0 Å². The maximum Gasteiger partial charge on any atom is 0.360 e. The second-order valence-electron chi connectivity index (χ2n) is 15.2. The summed E-state index contributed by atoms with van der Waals surface area (Å²) in [7, 11) is -5.68. The maximum atomic E-state index is 12.8. The number of benzene rings is 2. The van der Waals surface area contributed by atoms with Gasteiger partial charge in [-0.2, -0.15) is 0 Å². The summed E-state index contributed by atoms with van der Waals surface area (Å²) >= 11 is 9.45. The van der Waals surface area contributed by atoms with Gasteiger partial charge < -0.3 is 31.6 Å². The van der Waals surface area contributed by atoms with Gasteiger partial charge in [-0.05, 0) is 81.6 Å². The molecule has 61 heavy (non-hydrogen) atoms. The predicted octanol–water partition coefficient (Wildman–Crippen LogP) is 11.0. The van der Waals surface area contributed by atoms with Crippen LogP contribution in [0.3, 0.4) is 0 Å². The summed E-state index contributed by atoms with van der Waals surface area (Å²) in [5.74, 6) is -0.882. The highest BCUT2D eigenvalue weighted by atomic mass is 32.9. The Bertz CT molecular complexity index is 1650. The van der Waals surface area contributed by atoms with Crippen LogP contribution in [0.25, 0.3) is 0 Å². The second kappa shape index (κ2) is 36.5. The van der Waals surface area contributed by atoms with Gasteiger partial charge in [0.25, 0.3) is 0 Å². The number of ether oxygens (including phenoxy) is 2. The summed E-state index contributed by atoms with van der Waals surface area (Å²) in [6.45, 7) is 22.0. The smallest absolute Gasteiger partial charge is 0.360 e. The molecule has 2 aromatic rings. The number of esters is 2. The van der Waals surface area contributed by atoms with Crippen LogP contribution in [0.5, 0.6) is 0 Å². The highest BCUT2D eigenvalue weighted by Gasteiger charge is 2.42. The molecule has 0 aromatic heterocycles. The number of aryl methyl sites for hydroxylation is 2. The third-order valence-corrected chi connectivity index (χ3v) is 26.0. The minimum absolute atomic E-state index is 0. The summed E-state index contributed by atoms with van der Waals surface area (Å²) in [4.78, 5) is 46.8. The fourth-order valence-electron chi connectivity index (χ4n) is 5.20. The topological polar surface area (TPSA) is 126 Å². The first-order valence-electron chi connectivity index (χ1n) is 18.1. The number of rotatable bonds is 22. The molecule has 2 rings (SSSR count). The van der Waals surface area contributed by atoms with E-state index in [9.17, 15) is 19.4 Å². The Morgan fingerprint density at radius 3 is 1.38 bits per heavy atom. The largest absolute Gasteiger partial charge is 0.620 e. The van der Waals surface area contributed by atoms with Crippen molar-refractivity contribution >= 4 is 102 Å². The molecule has 1 radical (unpaired) electrons. The number of hydrogen-bond acceptors (Lipinski definition) is 11. The number of hydrogen-bond donors (Lipinski definition) is 0. The fraction of sp³-hybridized carbons (Fsp3) is 0.619. The van der Waals surface area contributed by atoms with E-state index >= 15 is 0 Å². The maximum absolute atomic E-state index is 12.8. The Labute approximate surface area is 397 Å². The van der Waals surface area contributed by atoms with Crippen molar-refractivity contribution in [3.05, 3.63) is 82.9 Å². The molecule has 0 saturated carbocycles. The molecule has 4 atom stereocenters. The molecule has 2 aromatic carbocycles. The van der Waals surface area contributed by atoms with Crippen LogP contribution in [-0.4, -0.2) is 72.0 Å². The van der Waals surface area contributed by atoms with E-state index in [0.29, 0.717) is 50.0 Å². The molecule has 0 spiro atoms. The zero-order valence-corrected chi connectivity index (χ0v) is 43.0. The quantitative estimate of drug-likeness (QED) is 0.0484. The van der Waals surface area contributed by atoms with E-state index in [1.165, 1.54) is 0 Å². The summed E-state index contributed by atoms with van der Waals surface area (Å²) < 4.78 is 29.9. The van der Waals surface area contributed by atoms with Gasteiger partial charge in [-0.15, -0.1) is 0 Å². The van der Waals surface area contributed by atoms with E-state index in [4.69, 9.17) is 33.0 Å². The second-order valence-corrected chi connectivity index (χ2v) is 38.3. The van der Waals surface area contributed by atoms with Gasteiger partial charge >= 0.3 is 29.8 Å². The molecular formula is C42H83O9P2S4Si4. The van der Waals surface area contributed by atoms with Gasteiger partial charge in [0, 0.05) is 59.7 Å². The third kappa shape index (κ3) is 35.2. The average molecular weight is 1030 g/mol. The van der Waals surface area contributed by atoms with Gasteiger partial charge in [0.05, 0.1) is 19.1 Å². The molecular weight excluding hydrogens is 951 g/mol. The Hall–Kier alpha value is -0.732. The Balaban J connectivity index is -0.000000252. The van der Waals surface area contributed by atoms with Crippen molar-refractivity contribution in [2.45, 2.75) is 143 Å². The van der Waals surface area contributed by atoms with Crippen molar-refractivity contribution in [3.8, 4) is 0 Å². The standard InChI is InChI=1S/C22H42O6PS2Si4.C14H17O3PS2.6CH4/c1-19(18-35(9,28-34(6,7)8)27-32(2)26-33(3,4)5)22(23)25-16-14-20-10-12-21(13-11-20)15-17-29(24)31-30;1-11(2)14(15)17-9-7-12-3-5-13(6-4-12)8-10-18(16)20-19;;;;;;/h10-13,19H,14-18H2,1-9H3;3-6H,1,7-10H2,2H3;6*1H4. The van der Waals surface area contributed by atoms with E-state index in [0.717, 1.165) is 54.1 Å². The molecule has 0 aliphatic carbocycles. The van der Waals surface area contributed by atoms with Crippen molar-refractivity contribution in [1.82, 2.24) is 0 Å². The monoisotopic (exact) mass is 1030 g/mol. The van der Waals surface area contributed by atoms with Gasteiger partial charge in [-0.3, -0.25) is 4.79 Å². The Morgan fingerprint density at radius 2 is 1.05 bits per heavy atom. The van der Waals surface area contributed by atoms with Crippen LogP contribution >= 0.6 is 13.8 Å². The van der Waals surface area contributed by atoms with Crippen LogP contribution in [0.2, 0.25) is 58.4 Å². The molecule has 0 fully saturated rings. The minimum atomic E-state index is -2.63. The van der Waals surface area contributed by atoms with Gasteiger partial charge in [0.15, 0.2) is 16.6 Å². The lowest BCUT2D eigenvalue weighted by Crippen LogP contribution is -2.53. The Kier molecular flexibility index (Phi) is 43.0. The molecule has 4 unspecified atom stereocenters. The Morgan fingerprint density at radius 1 is 0.689 bits per heavy atom. The average Bonchev–Trinajstić information content (AvgIpc) is 3.08. The SMILES string of the molecule is C.C.C.C.C.C.C=C(C)C(=O)OCCc1ccc(CC[P+]([O-])=S=S)cc1.CC(C[Si](C)(O[Si](C)O[Si](C)(C)C)O[Si](C)(C)C)C(=O)OCCc1ccc(CC[P+]([O-])=S=S)cc1. The molecule has 9 nitrogen and oxygen atoms in total. The van der Waals surface area contributed by atoms with E-state index in [1.807, 2.05) is 62.0 Å². The molecule has 355 valence electrons. The summed E-state index contributed by atoms with van der Waals surface area (Å²) in [5, 5.41) is 0. The summed E-state index contributed by atoms with van der Waals surface area (Å²) in [5.41, 5.74) is 4.88. The van der Waals surface area contributed by atoms with Crippen molar-refractivity contribution in [2.75, 3.05) is 25.5 Å². The van der Waals surface area contributed by atoms with Gasteiger partial charge in [0.2, 0.25) is 0 Å². The number of carbonyl (C=O) groups is 2. The first-order valence-corrected chi connectivity index (χ1v) is 36.8. The molecule has 0 amide bonds.